The average Bonchev–Trinajstić information content (AvgIpc) is 3.31. The highest BCUT2D eigenvalue weighted by molar-refractivity contribution is 5.89. The lowest BCUT2D eigenvalue weighted by atomic mass is 10.1. The van der Waals surface area contributed by atoms with Crippen molar-refractivity contribution >= 4 is 17.7 Å². The molecule has 1 aliphatic rings. The standard InChI is InChI=1S/C24H33N5O/c1-19(13-14-20-9-4-3-5-10-20)27-23(25-2)26-18-21-11-8-12-22(17-21)28-24(30)29-15-6-7-16-29/h3-5,8-12,17,19H,6-7,13-16,18H2,1-2H3,(H,28,30)(H2,25,26,27). The maximum absolute atomic E-state index is 12.3. The summed E-state index contributed by atoms with van der Waals surface area (Å²) in [5.41, 5.74) is 3.27. The van der Waals surface area contributed by atoms with Gasteiger partial charge in [0.1, 0.15) is 0 Å². The second-order valence-corrected chi connectivity index (χ2v) is 7.82. The van der Waals surface area contributed by atoms with Crippen molar-refractivity contribution in [3.63, 3.8) is 0 Å². The Morgan fingerprint density at radius 1 is 1.07 bits per heavy atom. The number of hydrogen-bond acceptors (Lipinski definition) is 2. The molecule has 6 heteroatoms. The number of amides is 2. The molecule has 1 aliphatic heterocycles. The lowest BCUT2D eigenvalue weighted by Crippen LogP contribution is -2.42. The first-order chi connectivity index (χ1) is 14.6. The number of aliphatic imine (C=N–C) groups is 1. The van der Waals surface area contributed by atoms with Crippen LogP contribution in [0.5, 0.6) is 0 Å². The Morgan fingerprint density at radius 2 is 1.80 bits per heavy atom. The summed E-state index contributed by atoms with van der Waals surface area (Å²) in [5, 5.41) is 9.82. The molecule has 0 spiro atoms. The van der Waals surface area contributed by atoms with E-state index in [4.69, 9.17) is 0 Å². The minimum Gasteiger partial charge on any atom is -0.354 e. The summed E-state index contributed by atoms with van der Waals surface area (Å²) in [5.74, 6) is 0.780. The van der Waals surface area contributed by atoms with Gasteiger partial charge in [-0.3, -0.25) is 4.99 Å². The average molecular weight is 408 g/mol. The molecule has 0 bridgehead atoms. The Bertz CT molecular complexity index is 830. The molecular weight excluding hydrogens is 374 g/mol. The lowest BCUT2D eigenvalue weighted by Gasteiger charge is -2.19. The Balaban J connectivity index is 1.45. The van der Waals surface area contributed by atoms with Crippen LogP contribution in [0.15, 0.2) is 59.6 Å². The summed E-state index contributed by atoms with van der Waals surface area (Å²) in [6, 6.07) is 18.8. The molecule has 1 saturated heterocycles. The van der Waals surface area contributed by atoms with E-state index in [1.165, 1.54) is 5.56 Å². The predicted molar refractivity (Wildman–Crippen MR) is 124 cm³/mol. The molecule has 30 heavy (non-hydrogen) atoms. The smallest absolute Gasteiger partial charge is 0.321 e. The number of carbonyl (C=O) groups is 1. The van der Waals surface area contributed by atoms with E-state index in [0.717, 1.165) is 56.0 Å². The van der Waals surface area contributed by atoms with Crippen LogP contribution in [0.1, 0.15) is 37.3 Å². The van der Waals surface area contributed by atoms with Crippen LogP contribution in [-0.2, 0) is 13.0 Å². The quantitative estimate of drug-likeness (QED) is 0.480. The Labute approximate surface area is 179 Å². The van der Waals surface area contributed by atoms with Crippen molar-refractivity contribution in [2.45, 2.75) is 45.2 Å². The molecule has 1 heterocycles. The van der Waals surface area contributed by atoms with E-state index in [0.29, 0.717) is 12.6 Å². The van der Waals surface area contributed by atoms with Gasteiger partial charge in [0.15, 0.2) is 5.96 Å². The molecule has 0 saturated carbocycles. The highest BCUT2D eigenvalue weighted by Gasteiger charge is 2.17. The Kier molecular flexibility index (Phi) is 8.12. The summed E-state index contributed by atoms with van der Waals surface area (Å²) >= 11 is 0. The molecule has 1 unspecified atom stereocenters. The predicted octanol–water partition coefficient (Wildman–Crippen LogP) is 4.00. The summed E-state index contributed by atoms with van der Waals surface area (Å²) in [4.78, 5) is 18.5. The fourth-order valence-electron chi connectivity index (χ4n) is 3.60. The maximum atomic E-state index is 12.3. The highest BCUT2D eigenvalue weighted by Crippen LogP contribution is 2.14. The van der Waals surface area contributed by atoms with Crippen LogP contribution in [0.4, 0.5) is 10.5 Å². The molecule has 3 N–H and O–H groups in total. The third kappa shape index (κ3) is 6.79. The fourth-order valence-corrected chi connectivity index (χ4v) is 3.60. The van der Waals surface area contributed by atoms with Crippen LogP contribution < -0.4 is 16.0 Å². The van der Waals surface area contributed by atoms with Crippen molar-refractivity contribution in [1.82, 2.24) is 15.5 Å². The van der Waals surface area contributed by atoms with E-state index >= 15 is 0 Å². The first-order valence-electron chi connectivity index (χ1n) is 10.8. The zero-order valence-electron chi connectivity index (χ0n) is 18.0. The zero-order valence-corrected chi connectivity index (χ0v) is 18.0. The number of urea groups is 1. The topological polar surface area (TPSA) is 68.8 Å². The molecule has 160 valence electrons. The molecule has 2 amide bonds. The van der Waals surface area contributed by atoms with Gasteiger partial charge in [-0.05, 0) is 55.9 Å². The molecule has 2 aromatic rings. The van der Waals surface area contributed by atoms with E-state index in [9.17, 15) is 4.79 Å². The molecule has 1 fully saturated rings. The van der Waals surface area contributed by atoms with Crippen molar-refractivity contribution in [1.29, 1.82) is 0 Å². The minimum atomic E-state index is -0.0117. The number of guanidine groups is 1. The number of benzene rings is 2. The van der Waals surface area contributed by atoms with Crippen LogP contribution in [0.2, 0.25) is 0 Å². The first kappa shape index (κ1) is 21.7. The van der Waals surface area contributed by atoms with Gasteiger partial charge in [-0.1, -0.05) is 42.5 Å². The summed E-state index contributed by atoms with van der Waals surface area (Å²) < 4.78 is 0. The molecule has 6 nitrogen and oxygen atoms in total. The molecule has 0 aliphatic carbocycles. The number of anilines is 1. The second-order valence-electron chi connectivity index (χ2n) is 7.82. The van der Waals surface area contributed by atoms with Gasteiger partial charge in [-0.25, -0.2) is 4.79 Å². The van der Waals surface area contributed by atoms with Crippen molar-refractivity contribution in [3.05, 3.63) is 65.7 Å². The molecule has 2 aromatic carbocycles. The van der Waals surface area contributed by atoms with Crippen LogP contribution >= 0.6 is 0 Å². The number of hydrogen-bond donors (Lipinski definition) is 3. The number of aryl methyl sites for hydroxylation is 1. The number of carbonyl (C=O) groups excluding carboxylic acids is 1. The van der Waals surface area contributed by atoms with Crippen molar-refractivity contribution in [2.24, 2.45) is 4.99 Å². The molecule has 1 atom stereocenters. The zero-order chi connectivity index (χ0) is 21.2. The molecular formula is C24H33N5O. The highest BCUT2D eigenvalue weighted by atomic mass is 16.2. The molecule has 0 radical (unpaired) electrons. The van der Waals surface area contributed by atoms with Gasteiger partial charge < -0.3 is 20.9 Å². The second kappa shape index (κ2) is 11.2. The SMILES string of the molecule is CN=C(NCc1cccc(NC(=O)N2CCCC2)c1)NC(C)CCc1ccccc1. The number of nitrogens with one attached hydrogen (secondary N) is 3. The van der Waals surface area contributed by atoms with Crippen molar-refractivity contribution in [3.8, 4) is 0 Å². The van der Waals surface area contributed by atoms with Crippen LogP contribution in [0, 0.1) is 0 Å². The van der Waals surface area contributed by atoms with Gasteiger partial charge in [0, 0.05) is 38.4 Å². The fraction of sp³-hybridized carbons (Fsp3) is 0.417. The number of likely N-dealkylation sites (tertiary alicyclic amines) is 1. The Hall–Kier alpha value is -3.02. The maximum Gasteiger partial charge on any atom is 0.321 e. The number of nitrogens with zero attached hydrogens (tertiary/aromatic N) is 2. The summed E-state index contributed by atoms with van der Waals surface area (Å²) in [7, 11) is 1.78. The van der Waals surface area contributed by atoms with Gasteiger partial charge in [0.05, 0.1) is 0 Å². The van der Waals surface area contributed by atoms with Gasteiger partial charge in [-0.15, -0.1) is 0 Å². The van der Waals surface area contributed by atoms with Gasteiger partial charge >= 0.3 is 6.03 Å². The third-order valence-electron chi connectivity index (χ3n) is 5.35. The van der Waals surface area contributed by atoms with Crippen molar-refractivity contribution in [2.75, 3.05) is 25.5 Å². The minimum absolute atomic E-state index is 0.0117. The van der Waals surface area contributed by atoms with Crippen LogP contribution in [-0.4, -0.2) is 43.1 Å². The van der Waals surface area contributed by atoms with E-state index in [2.05, 4.69) is 52.1 Å². The van der Waals surface area contributed by atoms with Gasteiger partial charge in [0.2, 0.25) is 0 Å². The first-order valence-corrected chi connectivity index (χ1v) is 10.8. The molecule has 0 aromatic heterocycles. The van der Waals surface area contributed by atoms with Gasteiger partial charge in [0.25, 0.3) is 0 Å². The third-order valence-corrected chi connectivity index (χ3v) is 5.35. The van der Waals surface area contributed by atoms with Gasteiger partial charge in [-0.2, -0.15) is 0 Å². The number of rotatable bonds is 7. The van der Waals surface area contributed by atoms with E-state index in [-0.39, 0.29) is 6.03 Å². The van der Waals surface area contributed by atoms with Crippen LogP contribution in [0.25, 0.3) is 0 Å². The molecule has 3 rings (SSSR count). The summed E-state index contributed by atoms with van der Waals surface area (Å²) in [6.07, 6.45) is 4.24. The monoisotopic (exact) mass is 407 g/mol. The Morgan fingerprint density at radius 3 is 2.53 bits per heavy atom. The van der Waals surface area contributed by atoms with E-state index in [1.807, 2.05) is 35.2 Å². The van der Waals surface area contributed by atoms with E-state index in [1.54, 1.807) is 7.05 Å². The lowest BCUT2D eigenvalue weighted by molar-refractivity contribution is 0.222. The van der Waals surface area contributed by atoms with Crippen molar-refractivity contribution < 1.29 is 4.79 Å². The van der Waals surface area contributed by atoms with E-state index < -0.39 is 0 Å². The van der Waals surface area contributed by atoms with Crippen LogP contribution in [0.3, 0.4) is 0 Å². The normalized spacial score (nSPS) is 15.0. The summed E-state index contributed by atoms with van der Waals surface area (Å²) in [6.45, 7) is 4.50. The largest absolute Gasteiger partial charge is 0.354 e.